The first-order valence-corrected chi connectivity index (χ1v) is 16.2. The minimum absolute atomic E-state index is 0. The van der Waals surface area contributed by atoms with Crippen LogP contribution in [0.2, 0.25) is 0 Å². The Labute approximate surface area is 258 Å². The van der Waals surface area contributed by atoms with Crippen molar-refractivity contribution in [2.75, 3.05) is 0 Å². The Morgan fingerprint density at radius 1 is 0.683 bits per heavy atom. The van der Waals surface area contributed by atoms with Gasteiger partial charge in [-0.25, -0.2) is 8.42 Å². The molecular weight excluding hydrogens is 641 g/mol. The van der Waals surface area contributed by atoms with Gasteiger partial charge >= 0.3 is 27.0 Å². The van der Waals surface area contributed by atoms with Gasteiger partial charge in [-0.3, -0.25) is 0 Å². The van der Waals surface area contributed by atoms with Crippen molar-refractivity contribution in [1.82, 2.24) is 0 Å². The smallest absolute Gasteiger partial charge is 0.0623 e. The third-order valence-corrected chi connectivity index (χ3v) is 7.22. The number of benzene rings is 4. The molecule has 0 fully saturated rings. The van der Waals surface area contributed by atoms with Gasteiger partial charge in [0, 0.05) is 4.90 Å². The minimum Gasteiger partial charge on any atom is -0.0623 e. The SMILES string of the molecule is Cc1ccc(S(=O)(=O)[N-]C(c2ccccc2)C([N-]Cc2ccco2)c2ccccc2)cc1.[CH3-].[Cl][Ru+3].c1ccccc1. The van der Waals surface area contributed by atoms with Crippen LogP contribution >= 0.6 is 9.69 Å². The van der Waals surface area contributed by atoms with Crippen LogP contribution in [0.25, 0.3) is 10.0 Å². The molecule has 0 amide bonds. The van der Waals surface area contributed by atoms with E-state index >= 15 is 0 Å². The van der Waals surface area contributed by atoms with Crippen molar-refractivity contribution < 1.29 is 30.1 Å². The van der Waals surface area contributed by atoms with Crippen LogP contribution in [0.1, 0.15) is 34.5 Å². The number of sulfonamides is 1. The van der Waals surface area contributed by atoms with Crippen LogP contribution in [-0.4, -0.2) is 8.42 Å². The van der Waals surface area contributed by atoms with E-state index in [9.17, 15) is 8.42 Å². The van der Waals surface area contributed by atoms with E-state index in [-0.39, 0.29) is 12.3 Å². The third kappa shape index (κ3) is 11.0. The number of hydrogen-bond donors (Lipinski definition) is 0. The van der Waals surface area contributed by atoms with Crippen molar-refractivity contribution in [3.05, 3.63) is 180 Å². The molecule has 0 aliphatic carbocycles. The van der Waals surface area contributed by atoms with Crippen molar-refractivity contribution in [2.24, 2.45) is 0 Å². The van der Waals surface area contributed by atoms with E-state index in [0.717, 1.165) is 16.7 Å². The molecular formula is C33H33ClN2O3RuS. The molecule has 1 aromatic heterocycles. The fourth-order valence-electron chi connectivity index (χ4n) is 3.89. The van der Waals surface area contributed by atoms with E-state index in [0.29, 0.717) is 12.3 Å². The maximum atomic E-state index is 13.3. The largest absolute Gasteiger partial charge is 0.0623 e. The van der Waals surface area contributed by atoms with Crippen LogP contribution in [0, 0.1) is 14.4 Å². The van der Waals surface area contributed by atoms with E-state index < -0.39 is 22.1 Å². The monoisotopic (exact) mass is 674 g/mol. The molecule has 1 heterocycles. The van der Waals surface area contributed by atoms with Gasteiger partial charge in [-0.05, 0) is 31.2 Å². The van der Waals surface area contributed by atoms with Crippen LogP contribution in [0.4, 0.5) is 0 Å². The molecule has 0 spiro atoms. The molecule has 2 unspecified atom stereocenters. The Morgan fingerprint density at radius 2 is 1.15 bits per heavy atom. The molecule has 5 aromatic rings. The number of furan rings is 1. The Bertz CT molecular complexity index is 1430. The molecule has 8 heteroatoms. The molecule has 0 N–H and O–H groups in total. The van der Waals surface area contributed by atoms with E-state index in [2.05, 4.69) is 14.4 Å². The molecule has 0 bridgehead atoms. The van der Waals surface area contributed by atoms with Crippen LogP contribution in [-0.2, 0) is 33.9 Å². The van der Waals surface area contributed by atoms with Gasteiger partial charge in [-0.1, -0.05) is 132 Å². The van der Waals surface area contributed by atoms with E-state index in [1.807, 2.05) is 133 Å². The number of rotatable bonds is 9. The van der Waals surface area contributed by atoms with Gasteiger partial charge < -0.3 is 21.9 Å². The maximum Gasteiger partial charge on any atom is -0.0623 e. The van der Waals surface area contributed by atoms with Crippen LogP contribution < -0.4 is 0 Å². The van der Waals surface area contributed by atoms with Gasteiger partial charge in [0.05, 0.1) is 12.0 Å². The Balaban J connectivity index is 0.000000572. The fourth-order valence-corrected chi connectivity index (χ4v) is 5.02. The van der Waals surface area contributed by atoms with Crippen molar-refractivity contribution in [3.8, 4) is 0 Å². The predicted octanol–water partition coefficient (Wildman–Crippen LogP) is 9.53. The first-order chi connectivity index (χ1) is 19.5. The molecule has 0 aliphatic rings. The molecule has 0 radical (unpaired) electrons. The predicted molar refractivity (Wildman–Crippen MR) is 165 cm³/mol. The second kappa shape index (κ2) is 18.4. The molecule has 0 aliphatic heterocycles. The molecule has 41 heavy (non-hydrogen) atoms. The average Bonchev–Trinajstić information content (AvgIpc) is 3.54. The Kier molecular flexibility index (Phi) is 15.3. The third-order valence-electron chi connectivity index (χ3n) is 5.84. The zero-order valence-electron chi connectivity index (χ0n) is 22.9. The van der Waals surface area contributed by atoms with Crippen molar-refractivity contribution in [2.45, 2.75) is 30.4 Å². The number of hydrogen-bond acceptors (Lipinski definition) is 3. The minimum atomic E-state index is -3.91. The zero-order valence-corrected chi connectivity index (χ0v) is 26.2. The molecule has 0 saturated carbocycles. The molecule has 4 aromatic carbocycles. The van der Waals surface area contributed by atoms with Crippen LogP contribution in [0.3, 0.4) is 0 Å². The molecule has 214 valence electrons. The van der Waals surface area contributed by atoms with Gasteiger partial charge in [0.2, 0.25) is 0 Å². The van der Waals surface area contributed by atoms with Gasteiger partial charge in [-0.2, -0.15) is 0 Å². The van der Waals surface area contributed by atoms with Gasteiger partial charge in [0.15, 0.2) is 0 Å². The standard InChI is InChI=1S/C26H24N2O3S.C6H6.CH3.ClH.Ru/c1-20-14-16-24(17-15-20)32(29,30)28-26(22-11-6-3-7-12-22)25(21-9-4-2-5-10-21)27-19-23-13-8-18-31-23;1-2-4-6-5-3-1;;;/h2-18,25-26H,19H2,1H3;1-6H;1H3;1H;/q-2;;-1;;+4/p-1. The summed E-state index contributed by atoms with van der Waals surface area (Å²) in [6.45, 7) is 2.23. The van der Waals surface area contributed by atoms with E-state index in [1.165, 1.54) is 0 Å². The van der Waals surface area contributed by atoms with Gasteiger partial charge in [0.1, 0.15) is 10.0 Å². The van der Waals surface area contributed by atoms with Crippen LogP contribution in [0.15, 0.2) is 149 Å². The summed E-state index contributed by atoms with van der Waals surface area (Å²) in [4.78, 5) is 0.168. The second-order valence-corrected chi connectivity index (χ2v) is 10.3. The zero-order chi connectivity index (χ0) is 28.6. The van der Waals surface area contributed by atoms with E-state index in [1.54, 1.807) is 30.5 Å². The van der Waals surface area contributed by atoms with Crippen LogP contribution in [0.5, 0.6) is 0 Å². The van der Waals surface area contributed by atoms with Crippen molar-refractivity contribution in [3.63, 3.8) is 0 Å². The summed E-state index contributed by atoms with van der Waals surface area (Å²) in [7, 11) is 0.661. The Morgan fingerprint density at radius 3 is 1.61 bits per heavy atom. The normalized spacial score (nSPS) is 11.9. The molecule has 2 atom stereocenters. The number of aryl methyl sites for hydroxylation is 1. The summed E-state index contributed by atoms with van der Waals surface area (Å²) >= 11 is 1.82. The summed E-state index contributed by atoms with van der Waals surface area (Å²) in [5.41, 5.74) is 2.65. The summed E-state index contributed by atoms with van der Waals surface area (Å²) in [6.07, 6.45) is 1.60. The van der Waals surface area contributed by atoms with E-state index in [4.69, 9.17) is 9.73 Å². The summed E-state index contributed by atoms with van der Waals surface area (Å²) in [5, 5.41) is 4.85. The summed E-state index contributed by atoms with van der Waals surface area (Å²) < 4.78 is 36.4. The summed E-state index contributed by atoms with van der Waals surface area (Å²) in [5.74, 6) is 0.708. The average molecular weight is 674 g/mol. The quantitative estimate of drug-likeness (QED) is 0.116. The number of nitrogens with zero attached hydrogens (tertiary/aromatic N) is 2. The second-order valence-electron chi connectivity index (χ2n) is 8.68. The van der Waals surface area contributed by atoms with Gasteiger partial charge in [-0.15, -0.1) is 12.1 Å². The number of halogens is 1. The summed E-state index contributed by atoms with van der Waals surface area (Å²) in [6, 6.07) is 40.2. The van der Waals surface area contributed by atoms with Gasteiger partial charge in [0.25, 0.3) is 0 Å². The fraction of sp³-hybridized carbons (Fsp3) is 0.121. The Hall–Kier alpha value is -3.06. The first kappa shape index (κ1) is 34.1. The first-order valence-electron chi connectivity index (χ1n) is 12.5. The van der Waals surface area contributed by atoms with Crippen molar-refractivity contribution >= 4 is 19.7 Å². The maximum absolute atomic E-state index is 13.3. The molecule has 0 saturated heterocycles. The van der Waals surface area contributed by atoms with Crippen molar-refractivity contribution in [1.29, 1.82) is 0 Å². The molecule has 5 nitrogen and oxygen atoms in total. The topological polar surface area (TPSA) is 75.5 Å². The molecule has 5 rings (SSSR count).